The fourth-order valence-electron chi connectivity index (χ4n) is 2.19. The van der Waals surface area contributed by atoms with Crippen LogP contribution in [0.1, 0.15) is 15.9 Å². The third-order valence-corrected chi connectivity index (χ3v) is 5.52. The molecule has 0 aromatic heterocycles. The monoisotopic (exact) mass is 444 g/mol. The molecular formula is C17H17BrO4Se. The molecule has 0 atom stereocenters. The van der Waals surface area contributed by atoms with Gasteiger partial charge in [0.05, 0.1) is 0 Å². The number of hydrogen-bond acceptors (Lipinski definition) is 4. The van der Waals surface area contributed by atoms with E-state index >= 15 is 0 Å². The van der Waals surface area contributed by atoms with E-state index < -0.39 is 0 Å². The second-order valence-electron chi connectivity index (χ2n) is 4.59. The number of ether oxygens (including phenoxy) is 3. The third kappa shape index (κ3) is 3.71. The second-order valence-corrected chi connectivity index (χ2v) is 7.23. The molecule has 0 bridgehead atoms. The SMILES string of the molecule is COc1ccc(C(=O)c2cc(OC)c(OC)c([Se]C)c2)cc1Br. The van der Waals surface area contributed by atoms with E-state index in [1.54, 1.807) is 45.6 Å². The summed E-state index contributed by atoms with van der Waals surface area (Å²) in [5.74, 6) is 3.96. The molecule has 0 saturated heterocycles. The number of benzene rings is 2. The molecule has 0 saturated carbocycles. The number of carbonyl (C=O) groups excluding carboxylic acids is 1. The summed E-state index contributed by atoms with van der Waals surface area (Å²) in [5, 5.41) is 0. The summed E-state index contributed by atoms with van der Waals surface area (Å²) in [6.07, 6.45) is 0. The summed E-state index contributed by atoms with van der Waals surface area (Å²) in [4.78, 5) is 12.8. The van der Waals surface area contributed by atoms with Gasteiger partial charge in [-0.1, -0.05) is 0 Å². The normalized spacial score (nSPS) is 10.3. The van der Waals surface area contributed by atoms with Crippen LogP contribution in [0.25, 0.3) is 0 Å². The van der Waals surface area contributed by atoms with Crippen molar-refractivity contribution in [1.29, 1.82) is 0 Å². The van der Waals surface area contributed by atoms with Gasteiger partial charge >= 0.3 is 150 Å². The Kier molecular flexibility index (Phi) is 6.10. The van der Waals surface area contributed by atoms with E-state index in [0.29, 0.717) is 28.4 Å². The van der Waals surface area contributed by atoms with E-state index in [1.165, 1.54) is 0 Å². The van der Waals surface area contributed by atoms with Crippen LogP contribution in [-0.4, -0.2) is 42.1 Å². The van der Waals surface area contributed by atoms with Crippen molar-refractivity contribution in [2.75, 3.05) is 21.3 Å². The summed E-state index contributed by atoms with van der Waals surface area (Å²) in [6.45, 7) is 0. The first-order valence-corrected chi connectivity index (χ1v) is 10.1. The minimum atomic E-state index is -0.0696. The van der Waals surface area contributed by atoms with Gasteiger partial charge in [0.1, 0.15) is 0 Å². The van der Waals surface area contributed by atoms with Gasteiger partial charge in [-0.15, -0.1) is 0 Å². The average molecular weight is 444 g/mol. The molecule has 2 aromatic rings. The molecule has 0 radical (unpaired) electrons. The Balaban J connectivity index is 2.49. The van der Waals surface area contributed by atoms with Crippen molar-refractivity contribution >= 4 is 41.1 Å². The van der Waals surface area contributed by atoms with Gasteiger partial charge in [0.2, 0.25) is 0 Å². The number of rotatable bonds is 6. The zero-order valence-corrected chi connectivity index (χ0v) is 16.6. The first-order valence-electron chi connectivity index (χ1n) is 6.74. The molecule has 2 rings (SSSR count). The molecule has 0 aliphatic rings. The fourth-order valence-corrected chi connectivity index (χ4v) is 4.02. The topological polar surface area (TPSA) is 44.8 Å². The van der Waals surface area contributed by atoms with Gasteiger partial charge in [0, 0.05) is 0 Å². The summed E-state index contributed by atoms with van der Waals surface area (Å²) in [6, 6.07) is 8.87. The van der Waals surface area contributed by atoms with Crippen LogP contribution >= 0.6 is 15.9 Å². The predicted molar refractivity (Wildman–Crippen MR) is 94.9 cm³/mol. The number of ketones is 1. The van der Waals surface area contributed by atoms with Gasteiger partial charge in [-0.25, -0.2) is 0 Å². The molecule has 0 N–H and O–H groups in total. The first-order chi connectivity index (χ1) is 11.0. The van der Waals surface area contributed by atoms with Crippen molar-refractivity contribution < 1.29 is 19.0 Å². The molecule has 23 heavy (non-hydrogen) atoms. The molecule has 0 heterocycles. The Morgan fingerprint density at radius 3 is 2.17 bits per heavy atom. The molecular weight excluding hydrogens is 427 g/mol. The van der Waals surface area contributed by atoms with Gasteiger partial charge < -0.3 is 0 Å². The Morgan fingerprint density at radius 1 is 0.957 bits per heavy atom. The Hall–Kier alpha value is -1.49. The van der Waals surface area contributed by atoms with Crippen molar-refractivity contribution in [2.24, 2.45) is 0 Å². The quantitative estimate of drug-likeness (QED) is 0.508. The summed E-state index contributed by atoms with van der Waals surface area (Å²) < 4.78 is 17.7. The van der Waals surface area contributed by atoms with E-state index in [1.807, 2.05) is 6.07 Å². The van der Waals surface area contributed by atoms with Crippen LogP contribution in [0, 0.1) is 0 Å². The molecule has 0 aliphatic heterocycles. The standard InChI is InChI=1S/C17H17BrO4Se/c1-20-13-6-5-10(7-12(13)18)16(19)11-8-14(21-2)17(22-3)15(9-11)23-4/h5-9H,1-4H3. The fraction of sp³-hybridized carbons (Fsp3) is 0.235. The van der Waals surface area contributed by atoms with E-state index in [-0.39, 0.29) is 20.7 Å². The maximum atomic E-state index is 12.8. The van der Waals surface area contributed by atoms with Crippen molar-refractivity contribution in [3.05, 3.63) is 45.9 Å². The van der Waals surface area contributed by atoms with Gasteiger partial charge in [-0.3, -0.25) is 0 Å². The van der Waals surface area contributed by atoms with Crippen molar-refractivity contribution in [3.8, 4) is 17.2 Å². The zero-order chi connectivity index (χ0) is 17.0. The molecule has 0 unspecified atom stereocenters. The molecule has 0 spiro atoms. The molecule has 4 nitrogen and oxygen atoms in total. The minimum absolute atomic E-state index is 0.0696. The summed E-state index contributed by atoms with van der Waals surface area (Å²) >= 11 is 3.58. The molecule has 0 amide bonds. The maximum absolute atomic E-state index is 12.8. The van der Waals surface area contributed by atoms with Crippen LogP contribution in [0.4, 0.5) is 0 Å². The van der Waals surface area contributed by atoms with E-state index in [9.17, 15) is 4.79 Å². The first kappa shape index (κ1) is 17.9. The second kappa shape index (κ2) is 7.86. The van der Waals surface area contributed by atoms with Crippen LogP contribution in [0.15, 0.2) is 34.8 Å². The Morgan fingerprint density at radius 2 is 1.65 bits per heavy atom. The van der Waals surface area contributed by atoms with Crippen LogP contribution in [-0.2, 0) is 0 Å². The van der Waals surface area contributed by atoms with E-state index in [0.717, 1.165) is 8.93 Å². The molecule has 6 heteroatoms. The van der Waals surface area contributed by atoms with Crippen LogP contribution in [0.2, 0.25) is 5.82 Å². The van der Waals surface area contributed by atoms with Crippen LogP contribution < -0.4 is 18.7 Å². The van der Waals surface area contributed by atoms with Gasteiger partial charge in [0.25, 0.3) is 0 Å². The predicted octanol–water partition coefficient (Wildman–Crippen LogP) is 3.08. The van der Waals surface area contributed by atoms with Crippen LogP contribution in [0.3, 0.4) is 0 Å². The Labute approximate surface area is 150 Å². The van der Waals surface area contributed by atoms with E-state index in [4.69, 9.17) is 14.2 Å². The Bertz CT molecular complexity index is 706. The number of hydrogen-bond donors (Lipinski definition) is 0. The number of carbonyl (C=O) groups is 1. The number of halogens is 1. The van der Waals surface area contributed by atoms with Gasteiger partial charge in [-0.2, -0.15) is 0 Å². The molecule has 122 valence electrons. The van der Waals surface area contributed by atoms with Gasteiger partial charge in [0.15, 0.2) is 0 Å². The molecule has 2 aromatic carbocycles. The third-order valence-electron chi connectivity index (χ3n) is 3.34. The summed E-state index contributed by atoms with van der Waals surface area (Å²) in [5.41, 5.74) is 1.16. The molecule has 0 fully saturated rings. The number of methoxy groups -OCH3 is 3. The van der Waals surface area contributed by atoms with Crippen molar-refractivity contribution in [3.63, 3.8) is 0 Å². The van der Waals surface area contributed by atoms with E-state index in [2.05, 4.69) is 21.8 Å². The summed E-state index contributed by atoms with van der Waals surface area (Å²) in [7, 11) is 4.77. The van der Waals surface area contributed by atoms with Crippen molar-refractivity contribution in [1.82, 2.24) is 0 Å². The van der Waals surface area contributed by atoms with Crippen LogP contribution in [0.5, 0.6) is 17.2 Å². The van der Waals surface area contributed by atoms with Crippen molar-refractivity contribution in [2.45, 2.75) is 5.82 Å². The average Bonchev–Trinajstić information content (AvgIpc) is 2.59. The van der Waals surface area contributed by atoms with Gasteiger partial charge in [-0.05, 0) is 0 Å². The molecule has 0 aliphatic carbocycles. The zero-order valence-electron chi connectivity index (χ0n) is 13.3.